The lowest BCUT2D eigenvalue weighted by atomic mass is 10.0. The van der Waals surface area contributed by atoms with Gasteiger partial charge in [-0.3, -0.25) is 0 Å². The fraction of sp³-hybridized carbons (Fsp3) is 0.538. The molecule has 0 saturated heterocycles. The first-order chi connectivity index (χ1) is 8.30. The minimum Gasteiger partial charge on any atom is -0.330 e. The molecule has 4 nitrogen and oxygen atoms in total. The Morgan fingerprint density at radius 1 is 1.22 bits per heavy atom. The highest BCUT2D eigenvalue weighted by Gasteiger charge is 2.24. The first-order valence-corrected chi connectivity index (χ1v) is 7.62. The molecule has 102 valence electrons. The highest BCUT2D eigenvalue weighted by atomic mass is 32.2. The topological polar surface area (TPSA) is 72.2 Å². The van der Waals surface area contributed by atoms with E-state index >= 15 is 0 Å². The van der Waals surface area contributed by atoms with Gasteiger partial charge in [-0.15, -0.1) is 0 Å². The summed E-state index contributed by atoms with van der Waals surface area (Å²) in [6.45, 7) is 6.25. The second-order valence-corrected chi connectivity index (χ2v) is 6.71. The molecule has 0 heterocycles. The van der Waals surface area contributed by atoms with Gasteiger partial charge in [0.1, 0.15) is 0 Å². The summed E-state index contributed by atoms with van der Waals surface area (Å²) in [4.78, 5) is 0.296. The normalized spacial score (nSPS) is 12.7. The number of sulfonamides is 1. The Balaban J connectivity index is 2.92. The van der Waals surface area contributed by atoms with Crippen molar-refractivity contribution >= 4 is 10.0 Å². The smallest absolute Gasteiger partial charge is 0.241 e. The summed E-state index contributed by atoms with van der Waals surface area (Å²) in [7, 11) is -3.44. The van der Waals surface area contributed by atoms with Gasteiger partial charge in [0.25, 0.3) is 0 Å². The van der Waals surface area contributed by atoms with E-state index in [-0.39, 0.29) is 0 Å². The summed E-state index contributed by atoms with van der Waals surface area (Å²) in [5, 5.41) is 0. The van der Waals surface area contributed by atoms with Crippen LogP contribution in [0.4, 0.5) is 0 Å². The Hall–Kier alpha value is -0.910. The molecule has 0 aromatic heterocycles. The third kappa shape index (κ3) is 4.08. The molecule has 0 amide bonds. The maximum Gasteiger partial charge on any atom is 0.241 e. The molecule has 0 spiro atoms. The van der Waals surface area contributed by atoms with Crippen molar-refractivity contribution < 1.29 is 8.42 Å². The molecule has 0 radical (unpaired) electrons. The fourth-order valence-electron chi connectivity index (χ4n) is 1.50. The van der Waals surface area contributed by atoms with Gasteiger partial charge in [-0.2, -0.15) is 0 Å². The number of nitrogens with one attached hydrogen (secondary N) is 1. The molecule has 5 heteroatoms. The van der Waals surface area contributed by atoms with Crippen LogP contribution in [0.3, 0.4) is 0 Å². The van der Waals surface area contributed by atoms with Crippen molar-refractivity contribution in [3.63, 3.8) is 0 Å². The van der Waals surface area contributed by atoms with Crippen LogP contribution in [-0.4, -0.2) is 20.5 Å². The predicted octanol–water partition coefficient (Wildman–Crippen LogP) is 1.65. The van der Waals surface area contributed by atoms with E-state index in [0.717, 1.165) is 18.4 Å². The van der Waals surface area contributed by atoms with Gasteiger partial charge in [0.05, 0.1) is 4.90 Å². The first kappa shape index (κ1) is 15.1. The van der Waals surface area contributed by atoms with E-state index in [9.17, 15) is 8.42 Å². The highest BCUT2D eigenvalue weighted by Crippen LogP contribution is 2.16. The Kier molecular flexibility index (Phi) is 4.90. The van der Waals surface area contributed by atoms with Crippen LogP contribution in [0, 0.1) is 0 Å². The van der Waals surface area contributed by atoms with Crippen LogP contribution in [0.1, 0.15) is 32.8 Å². The van der Waals surface area contributed by atoms with E-state index < -0.39 is 15.6 Å². The summed E-state index contributed by atoms with van der Waals surface area (Å²) in [6.07, 6.45) is 1.49. The van der Waals surface area contributed by atoms with Crippen molar-refractivity contribution in [1.82, 2.24) is 4.72 Å². The molecule has 1 rings (SSSR count). The van der Waals surface area contributed by atoms with Gasteiger partial charge in [0.2, 0.25) is 10.0 Å². The van der Waals surface area contributed by atoms with Crippen molar-refractivity contribution in [1.29, 1.82) is 0 Å². The molecule has 0 aliphatic heterocycles. The summed E-state index contributed by atoms with van der Waals surface area (Å²) in [5.74, 6) is 0. The third-order valence-electron chi connectivity index (χ3n) is 2.96. The van der Waals surface area contributed by atoms with E-state index in [1.165, 1.54) is 0 Å². The number of benzene rings is 1. The molecule has 18 heavy (non-hydrogen) atoms. The molecule has 0 atom stereocenters. The molecule has 1 aromatic rings. The van der Waals surface area contributed by atoms with Gasteiger partial charge in [0, 0.05) is 5.54 Å². The lowest BCUT2D eigenvalue weighted by molar-refractivity contribution is 0.439. The number of hydrogen-bond acceptors (Lipinski definition) is 3. The van der Waals surface area contributed by atoms with Crippen LogP contribution in [-0.2, 0) is 16.4 Å². The van der Waals surface area contributed by atoms with E-state index in [1.54, 1.807) is 24.3 Å². The van der Waals surface area contributed by atoms with Crippen molar-refractivity contribution in [2.24, 2.45) is 5.73 Å². The monoisotopic (exact) mass is 270 g/mol. The fourth-order valence-corrected chi connectivity index (χ4v) is 2.98. The second-order valence-electron chi connectivity index (χ2n) is 5.03. The zero-order valence-electron chi connectivity index (χ0n) is 11.2. The summed E-state index contributed by atoms with van der Waals surface area (Å²) < 4.78 is 27.0. The molecule has 0 bridgehead atoms. The molecular weight excluding hydrogens is 248 g/mol. The van der Waals surface area contributed by atoms with Crippen LogP contribution in [0.5, 0.6) is 0 Å². The highest BCUT2D eigenvalue weighted by molar-refractivity contribution is 7.89. The van der Waals surface area contributed by atoms with Gasteiger partial charge in [-0.25, -0.2) is 13.1 Å². The maximum atomic E-state index is 12.1. The van der Waals surface area contributed by atoms with Gasteiger partial charge < -0.3 is 5.73 Å². The van der Waals surface area contributed by atoms with E-state index in [1.807, 2.05) is 20.8 Å². The van der Waals surface area contributed by atoms with Crippen molar-refractivity contribution in [2.75, 3.05) is 6.54 Å². The maximum absolute atomic E-state index is 12.1. The number of hydrogen-bond donors (Lipinski definition) is 2. The Labute approximate surface area is 110 Å². The number of rotatable bonds is 6. The molecule has 0 aliphatic rings. The predicted molar refractivity (Wildman–Crippen MR) is 73.9 cm³/mol. The Morgan fingerprint density at radius 2 is 1.78 bits per heavy atom. The quantitative estimate of drug-likeness (QED) is 0.825. The zero-order chi connectivity index (χ0) is 13.8. The van der Waals surface area contributed by atoms with Crippen LogP contribution in [0.2, 0.25) is 0 Å². The number of nitrogens with two attached hydrogens (primary N) is 1. The summed E-state index contributed by atoms with van der Waals surface area (Å²) >= 11 is 0. The molecule has 0 fully saturated rings. The van der Waals surface area contributed by atoms with E-state index in [2.05, 4.69) is 4.72 Å². The lowest BCUT2D eigenvalue weighted by Gasteiger charge is -2.24. The van der Waals surface area contributed by atoms with Crippen LogP contribution in [0.15, 0.2) is 29.2 Å². The lowest BCUT2D eigenvalue weighted by Crippen LogP contribution is -2.42. The van der Waals surface area contributed by atoms with Gasteiger partial charge >= 0.3 is 0 Å². The molecule has 0 unspecified atom stereocenters. The molecule has 0 aliphatic carbocycles. The minimum absolute atomic E-state index is 0.296. The standard InChI is InChI=1S/C13H22N2O2S/c1-4-13(2,3)15-18(16,17)12-7-5-11(6-8-12)9-10-14/h5-8,15H,4,9-10,14H2,1-3H3. The van der Waals surface area contributed by atoms with Gasteiger partial charge in [0.15, 0.2) is 0 Å². The molecule has 3 N–H and O–H groups in total. The largest absolute Gasteiger partial charge is 0.330 e. The summed E-state index contributed by atoms with van der Waals surface area (Å²) in [6, 6.07) is 6.86. The van der Waals surface area contributed by atoms with Crippen LogP contribution in [0.25, 0.3) is 0 Å². The third-order valence-corrected chi connectivity index (χ3v) is 4.68. The average Bonchev–Trinajstić information content (AvgIpc) is 2.29. The zero-order valence-corrected chi connectivity index (χ0v) is 12.0. The van der Waals surface area contributed by atoms with Crippen molar-refractivity contribution in [2.45, 2.75) is 44.0 Å². The van der Waals surface area contributed by atoms with Gasteiger partial charge in [-0.1, -0.05) is 19.1 Å². The minimum atomic E-state index is -3.44. The van der Waals surface area contributed by atoms with Crippen molar-refractivity contribution in [3.8, 4) is 0 Å². The summed E-state index contributed by atoms with van der Waals surface area (Å²) in [5.41, 5.74) is 6.07. The van der Waals surface area contributed by atoms with E-state index in [0.29, 0.717) is 11.4 Å². The molecular formula is C13H22N2O2S. The Morgan fingerprint density at radius 3 is 2.22 bits per heavy atom. The first-order valence-electron chi connectivity index (χ1n) is 6.14. The average molecular weight is 270 g/mol. The van der Waals surface area contributed by atoms with Crippen LogP contribution >= 0.6 is 0 Å². The van der Waals surface area contributed by atoms with Crippen LogP contribution < -0.4 is 10.5 Å². The SMILES string of the molecule is CCC(C)(C)NS(=O)(=O)c1ccc(CCN)cc1. The molecule has 0 saturated carbocycles. The van der Waals surface area contributed by atoms with Gasteiger partial charge in [-0.05, 0) is 50.9 Å². The Bertz CT molecular complexity index is 478. The second kappa shape index (κ2) is 5.82. The van der Waals surface area contributed by atoms with E-state index in [4.69, 9.17) is 5.73 Å². The van der Waals surface area contributed by atoms with Crippen molar-refractivity contribution in [3.05, 3.63) is 29.8 Å². The molecule has 1 aromatic carbocycles.